The lowest BCUT2D eigenvalue weighted by Crippen LogP contribution is -2.48. The number of amides is 2. The van der Waals surface area contributed by atoms with E-state index in [4.69, 9.17) is 11.0 Å². The summed E-state index contributed by atoms with van der Waals surface area (Å²) in [5.74, 6) is 1.24. The van der Waals surface area contributed by atoms with E-state index in [2.05, 4.69) is 26.7 Å². The fourth-order valence-electron chi connectivity index (χ4n) is 5.03. The molecule has 39 heavy (non-hydrogen) atoms. The van der Waals surface area contributed by atoms with Crippen molar-refractivity contribution in [2.24, 2.45) is 0 Å². The minimum Gasteiger partial charge on any atom is -0.384 e. The number of nitrogen functional groups attached to an aromatic ring is 1. The molecule has 2 aromatic heterocycles. The third-order valence-corrected chi connectivity index (χ3v) is 7.07. The van der Waals surface area contributed by atoms with Gasteiger partial charge < -0.3 is 16.4 Å². The number of anilines is 3. The maximum atomic E-state index is 13.6. The zero-order valence-corrected chi connectivity index (χ0v) is 21.6. The Morgan fingerprint density at radius 1 is 0.949 bits per heavy atom. The number of rotatable bonds is 7. The molecule has 0 unspecified atom stereocenters. The van der Waals surface area contributed by atoms with Crippen LogP contribution in [-0.4, -0.2) is 28.1 Å². The molecule has 1 aliphatic carbocycles. The lowest BCUT2D eigenvalue weighted by molar-refractivity contribution is 0.240. The molecule has 0 aliphatic heterocycles. The summed E-state index contributed by atoms with van der Waals surface area (Å²) in [6.45, 7) is 0.464. The quantitative estimate of drug-likeness (QED) is 0.288. The van der Waals surface area contributed by atoms with Gasteiger partial charge in [0.05, 0.1) is 5.56 Å². The van der Waals surface area contributed by atoms with Gasteiger partial charge in [0, 0.05) is 36.7 Å². The lowest BCUT2D eigenvalue weighted by Gasteiger charge is -2.37. The summed E-state index contributed by atoms with van der Waals surface area (Å²) in [5, 5.41) is 15.6. The van der Waals surface area contributed by atoms with E-state index < -0.39 is 0 Å². The van der Waals surface area contributed by atoms with Crippen LogP contribution in [0, 0.1) is 11.3 Å². The maximum absolute atomic E-state index is 13.6. The second-order valence-electron chi connectivity index (χ2n) is 9.72. The Morgan fingerprint density at radius 3 is 2.38 bits per heavy atom. The van der Waals surface area contributed by atoms with E-state index in [-0.39, 0.29) is 18.1 Å². The number of nitriles is 1. The third-order valence-electron chi connectivity index (χ3n) is 7.07. The van der Waals surface area contributed by atoms with Crippen molar-refractivity contribution in [1.82, 2.24) is 15.3 Å². The second-order valence-corrected chi connectivity index (χ2v) is 9.72. The van der Waals surface area contributed by atoms with E-state index in [0.717, 1.165) is 53.9 Å². The highest BCUT2D eigenvalue weighted by molar-refractivity contribution is 5.93. The Labute approximate surface area is 228 Å². The number of urea groups is 1. The Morgan fingerprint density at radius 2 is 1.72 bits per heavy atom. The topological polar surface area (TPSA) is 120 Å². The number of hydrogen-bond acceptors (Lipinski definition) is 6. The van der Waals surface area contributed by atoms with Gasteiger partial charge in [-0.2, -0.15) is 5.26 Å². The predicted molar refractivity (Wildman–Crippen MR) is 154 cm³/mol. The number of nitrogens with two attached hydrogens (primary N) is 1. The van der Waals surface area contributed by atoms with Crippen molar-refractivity contribution in [3.8, 4) is 17.2 Å². The van der Waals surface area contributed by atoms with Crippen LogP contribution in [0.3, 0.4) is 0 Å². The van der Waals surface area contributed by atoms with Crippen LogP contribution in [0.4, 0.5) is 22.1 Å². The Kier molecular flexibility index (Phi) is 7.98. The highest BCUT2D eigenvalue weighted by Gasteiger charge is 2.30. The molecule has 1 fully saturated rings. The standard InChI is InChI=1S/C31H31N7O/c32-19-23-6-15-30(35-21-23)37-26-9-13-28(14-10-26)38(31(39)36-20-22-4-2-1-3-5-22)27-11-7-24(8-12-27)25-16-17-34-29(33)18-25/h1-8,11-12,15-18,21,26,28H,9-10,13-14,20H2,(H2,33,34)(H,35,37)(H,36,39). The van der Waals surface area contributed by atoms with Gasteiger partial charge in [0.2, 0.25) is 0 Å². The Bertz CT molecular complexity index is 1420. The summed E-state index contributed by atoms with van der Waals surface area (Å²) in [6, 6.07) is 27.7. The van der Waals surface area contributed by atoms with Gasteiger partial charge in [-0.25, -0.2) is 14.8 Å². The van der Waals surface area contributed by atoms with Crippen molar-refractivity contribution in [1.29, 1.82) is 5.26 Å². The molecule has 0 atom stereocenters. The molecule has 8 nitrogen and oxygen atoms in total. The van der Waals surface area contributed by atoms with E-state index in [1.807, 2.05) is 77.7 Å². The van der Waals surface area contributed by atoms with E-state index in [1.54, 1.807) is 18.5 Å². The van der Waals surface area contributed by atoms with Crippen molar-refractivity contribution in [3.05, 3.63) is 102 Å². The summed E-state index contributed by atoms with van der Waals surface area (Å²) < 4.78 is 0. The molecular weight excluding hydrogens is 486 g/mol. The van der Waals surface area contributed by atoms with Gasteiger partial charge in [-0.05, 0) is 78.8 Å². The van der Waals surface area contributed by atoms with Gasteiger partial charge in [-0.15, -0.1) is 0 Å². The first-order valence-corrected chi connectivity index (χ1v) is 13.1. The molecule has 8 heteroatoms. The van der Waals surface area contributed by atoms with E-state index >= 15 is 0 Å². The van der Waals surface area contributed by atoms with Gasteiger partial charge in [-0.3, -0.25) is 4.90 Å². The molecule has 2 aromatic carbocycles. The van der Waals surface area contributed by atoms with Crippen LogP contribution in [0.5, 0.6) is 0 Å². The fraction of sp³-hybridized carbons (Fsp3) is 0.226. The smallest absolute Gasteiger partial charge is 0.322 e. The zero-order chi connectivity index (χ0) is 27.0. The average Bonchev–Trinajstić information content (AvgIpc) is 2.98. The van der Waals surface area contributed by atoms with Crippen LogP contribution in [-0.2, 0) is 6.54 Å². The molecule has 2 amide bonds. The van der Waals surface area contributed by atoms with Crippen LogP contribution in [0.25, 0.3) is 11.1 Å². The molecular formula is C31H31N7O. The fourth-order valence-corrected chi connectivity index (χ4v) is 5.03. The second kappa shape index (κ2) is 12.1. The highest BCUT2D eigenvalue weighted by Crippen LogP contribution is 2.31. The molecule has 0 radical (unpaired) electrons. The first-order chi connectivity index (χ1) is 19.1. The molecule has 0 bridgehead atoms. The first-order valence-electron chi connectivity index (χ1n) is 13.1. The number of nitrogens with zero attached hydrogens (tertiary/aromatic N) is 4. The number of carbonyl (C=O) groups excluding carboxylic acids is 1. The Hall–Kier alpha value is -4.90. The minimum absolute atomic E-state index is 0.0650. The molecule has 5 rings (SSSR count). The number of nitrogens with one attached hydrogen (secondary N) is 2. The van der Waals surface area contributed by atoms with E-state index in [1.165, 1.54) is 0 Å². The summed E-state index contributed by atoms with van der Waals surface area (Å²) in [7, 11) is 0. The van der Waals surface area contributed by atoms with Gasteiger partial charge in [0.25, 0.3) is 0 Å². The van der Waals surface area contributed by atoms with Crippen molar-refractivity contribution in [3.63, 3.8) is 0 Å². The third kappa shape index (κ3) is 6.51. The van der Waals surface area contributed by atoms with Gasteiger partial charge in [0.1, 0.15) is 17.7 Å². The van der Waals surface area contributed by atoms with Crippen LogP contribution in [0.15, 0.2) is 91.3 Å². The molecule has 2 heterocycles. The van der Waals surface area contributed by atoms with Gasteiger partial charge >= 0.3 is 6.03 Å². The number of aromatic nitrogens is 2. The predicted octanol–water partition coefficient (Wildman–Crippen LogP) is 5.74. The van der Waals surface area contributed by atoms with Gasteiger partial charge in [0.15, 0.2) is 0 Å². The monoisotopic (exact) mass is 517 g/mol. The van der Waals surface area contributed by atoms with Crippen molar-refractivity contribution >= 4 is 23.4 Å². The molecule has 0 saturated heterocycles. The lowest BCUT2D eigenvalue weighted by atomic mass is 9.89. The number of hydrogen-bond donors (Lipinski definition) is 3. The van der Waals surface area contributed by atoms with Crippen molar-refractivity contribution < 1.29 is 4.79 Å². The summed E-state index contributed by atoms with van der Waals surface area (Å²) >= 11 is 0. The maximum Gasteiger partial charge on any atom is 0.322 e. The molecule has 1 aliphatic rings. The summed E-state index contributed by atoms with van der Waals surface area (Å²) in [4.78, 5) is 23.9. The van der Waals surface area contributed by atoms with Crippen molar-refractivity contribution in [2.45, 2.75) is 44.3 Å². The molecule has 196 valence electrons. The zero-order valence-electron chi connectivity index (χ0n) is 21.6. The Balaban J connectivity index is 1.30. The number of benzene rings is 2. The molecule has 4 N–H and O–H groups in total. The molecule has 1 saturated carbocycles. The summed E-state index contributed by atoms with van der Waals surface area (Å²) in [5.41, 5.74) is 10.3. The van der Waals surface area contributed by atoms with Crippen LogP contribution < -0.4 is 21.3 Å². The number of carbonyl (C=O) groups is 1. The average molecular weight is 518 g/mol. The van der Waals surface area contributed by atoms with Crippen molar-refractivity contribution in [2.75, 3.05) is 16.0 Å². The largest absolute Gasteiger partial charge is 0.384 e. The van der Waals surface area contributed by atoms with Crippen LogP contribution in [0.1, 0.15) is 36.8 Å². The van der Waals surface area contributed by atoms with E-state index in [0.29, 0.717) is 17.9 Å². The van der Waals surface area contributed by atoms with Gasteiger partial charge in [-0.1, -0.05) is 42.5 Å². The first kappa shape index (κ1) is 25.7. The SMILES string of the molecule is N#Cc1ccc(NC2CCC(N(C(=O)NCc3ccccc3)c3ccc(-c4ccnc(N)c4)cc3)CC2)nc1. The number of pyridine rings is 2. The highest BCUT2D eigenvalue weighted by atomic mass is 16.2. The normalized spacial score (nSPS) is 16.6. The summed E-state index contributed by atoms with van der Waals surface area (Å²) in [6.07, 6.45) is 6.80. The molecule has 4 aromatic rings. The van der Waals surface area contributed by atoms with Crippen LogP contribution >= 0.6 is 0 Å². The minimum atomic E-state index is -0.107. The molecule has 0 spiro atoms. The van der Waals surface area contributed by atoms with Crippen LogP contribution in [0.2, 0.25) is 0 Å². The van der Waals surface area contributed by atoms with E-state index in [9.17, 15) is 4.79 Å².